The molecule has 1 fully saturated rings. The quantitative estimate of drug-likeness (QED) is 0.351. The Hall–Kier alpha value is -0.500. The maximum absolute atomic E-state index is 5.20. The van der Waals surface area contributed by atoms with Crippen molar-refractivity contribution in [2.75, 3.05) is 13.2 Å². The smallest absolute Gasteiger partial charge is 0.0873 e. The molecule has 96 valence electrons. The first-order valence-electron chi connectivity index (χ1n) is 6.73. The van der Waals surface area contributed by atoms with Gasteiger partial charge in [0.1, 0.15) is 0 Å². The Morgan fingerprint density at radius 1 is 1.19 bits per heavy atom. The van der Waals surface area contributed by atoms with Crippen LogP contribution in [0.1, 0.15) is 59.3 Å². The van der Waals surface area contributed by atoms with Gasteiger partial charge in [-0.15, -0.1) is 0 Å². The number of rotatable bonds is 8. The van der Waals surface area contributed by atoms with Crippen LogP contribution in [0, 0.1) is 0 Å². The summed E-state index contributed by atoms with van der Waals surface area (Å²) in [5.41, 5.74) is 0. The van der Waals surface area contributed by atoms with Crippen LogP contribution < -0.4 is 0 Å². The highest BCUT2D eigenvalue weighted by Crippen LogP contribution is 2.14. The van der Waals surface area contributed by atoms with Crippen LogP contribution in [0.5, 0.6) is 0 Å². The van der Waals surface area contributed by atoms with E-state index in [1.54, 1.807) is 6.26 Å². The van der Waals surface area contributed by atoms with E-state index in [0.717, 1.165) is 19.6 Å². The van der Waals surface area contributed by atoms with Crippen molar-refractivity contribution >= 4 is 0 Å². The standard InChI is InChI=1S/C9H18O.C5H10O/c1-3-5-7-9-10-8-6-4-2;1-2-3-5-4-6-5/h6,8H,3-5,7,9H2,1-2H3;5H,2-4H2,1H3/b8-6+;. The minimum atomic E-state index is 0.648. The fourth-order valence-corrected chi connectivity index (χ4v) is 1.22. The van der Waals surface area contributed by atoms with Crippen LogP contribution in [-0.4, -0.2) is 19.3 Å². The van der Waals surface area contributed by atoms with Crippen molar-refractivity contribution < 1.29 is 9.47 Å². The van der Waals surface area contributed by atoms with Crippen molar-refractivity contribution in [3.8, 4) is 0 Å². The van der Waals surface area contributed by atoms with Gasteiger partial charge in [0, 0.05) is 0 Å². The lowest BCUT2D eigenvalue weighted by molar-refractivity contribution is 0.240. The molecule has 1 unspecified atom stereocenters. The molecule has 0 radical (unpaired) electrons. The Kier molecular flexibility index (Phi) is 12.2. The number of allylic oxidation sites excluding steroid dienone is 1. The molecule has 0 N–H and O–H groups in total. The average molecular weight is 228 g/mol. The molecule has 1 rings (SSSR count). The van der Waals surface area contributed by atoms with Crippen LogP contribution in [0.4, 0.5) is 0 Å². The number of hydrogen-bond acceptors (Lipinski definition) is 2. The molecule has 1 saturated heterocycles. The van der Waals surface area contributed by atoms with Crippen molar-refractivity contribution in [1.29, 1.82) is 0 Å². The van der Waals surface area contributed by atoms with Crippen molar-refractivity contribution in [3.63, 3.8) is 0 Å². The maximum Gasteiger partial charge on any atom is 0.0873 e. The summed E-state index contributed by atoms with van der Waals surface area (Å²) in [6.07, 6.45) is 11.8. The summed E-state index contributed by atoms with van der Waals surface area (Å²) in [5, 5.41) is 0. The van der Waals surface area contributed by atoms with E-state index in [0.29, 0.717) is 6.10 Å². The third kappa shape index (κ3) is 13.5. The van der Waals surface area contributed by atoms with Gasteiger partial charge in [0.15, 0.2) is 0 Å². The van der Waals surface area contributed by atoms with Crippen molar-refractivity contribution in [2.45, 2.75) is 65.4 Å². The van der Waals surface area contributed by atoms with Crippen LogP contribution >= 0.6 is 0 Å². The second-order valence-electron chi connectivity index (χ2n) is 4.10. The van der Waals surface area contributed by atoms with Gasteiger partial charge in [0.2, 0.25) is 0 Å². The van der Waals surface area contributed by atoms with E-state index in [-0.39, 0.29) is 0 Å². The summed E-state index contributed by atoms with van der Waals surface area (Å²) in [7, 11) is 0. The predicted octanol–water partition coefficient (Wildman–Crippen LogP) is 4.30. The Bertz CT molecular complexity index is 151. The fourth-order valence-electron chi connectivity index (χ4n) is 1.22. The normalized spacial score (nSPS) is 18.1. The molecule has 1 heterocycles. The third-order valence-corrected chi connectivity index (χ3v) is 2.31. The molecular formula is C14H28O2. The first kappa shape index (κ1) is 15.5. The van der Waals surface area contributed by atoms with E-state index < -0.39 is 0 Å². The molecule has 0 aliphatic carbocycles. The van der Waals surface area contributed by atoms with Gasteiger partial charge in [-0.25, -0.2) is 0 Å². The first-order chi connectivity index (χ1) is 7.85. The molecule has 16 heavy (non-hydrogen) atoms. The lowest BCUT2D eigenvalue weighted by Gasteiger charge is -1.97. The average Bonchev–Trinajstić information content (AvgIpc) is 3.09. The Morgan fingerprint density at radius 3 is 2.38 bits per heavy atom. The molecule has 0 spiro atoms. The molecule has 0 saturated carbocycles. The lowest BCUT2D eigenvalue weighted by Crippen LogP contribution is -1.85. The summed E-state index contributed by atoms with van der Waals surface area (Å²) < 4.78 is 10.1. The zero-order valence-electron chi connectivity index (χ0n) is 11.2. The van der Waals surface area contributed by atoms with Gasteiger partial charge in [0.25, 0.3) is 0 Å². The lowest BCUT2D eigenvalue weighted by atomic mass is 10.3. The molecule has 0 aromatic heterocycles. The number of unbranched alkanes of at least 4 members (excludes halogenated alkanes) is 2. The Morgan fingerprint density at radius 2 is 1.94 bits per heavy atom. The third-order valence-electron chi connectivity index (χ3n) is 2.31. The number of hydrogen-bond donors (Lipinski definition) is 0. The minimum Gasteiger partial charge on any atom is -0.502 e. The molecular weight excluding hydrogens is 200 g/mol. The summed E-state index contributed by atoms with van der Waals surface area (Å²) in [6, 6.07) is 0. The molecule has 1 aliphatic rings. The summed E-state index contributed by atoms with van der Waals surface area (Å²) in [4.78, 5) is 0. The Labute approximate surface area is 101 Å². The van der Waals surface area contributed by atoms with Gasteiger partial charge in [-0.2, -0.15) is 0 Å². The van der Waals surface area contributed by atoms with Crippen molar-refractivity contribution in [3.05, 3.63) is 12.3 Å². The van der Waals surface area contributed by atoms with Crippen LogP contribution in [0.15, 0.2) is 12.3 Å². The number of ether oxygens (including phenoxy) is 2. The van der Waals surface area contributed by atoms with E-state index >= 15 is 0 Å². The van der Waals surface area contributed by atoms with Crippen molar-refractivity contribution in [1.82, 2.24) is 0 Å². The van der Waals surface area contributed by atoms with Crippen LogP contribution in [0.25, 0.3) is 0 Å². The molecule has 0 amide bonds. The predicted molar refractivity (Wildman–Crippen MR) is 69.6 cm³/mol. The second-order valence-corrected chi connectivity index (χ2v) is 4.10. The molecule has 0 aromatic rings. The highest BCUT2D eigenvalue weighted by molar-refractivity contribution is 4.70. The van der Waals surface area contributed by atoms with Gasteiger partial charge in [-0.1, -0.05) is 46.1 Å². The molecule has 0 aromatic carbocycles. The fraction of sp³-hybridized carbons (Fsp3) is 0.857. The van der Waals surface area contributed by atoms with Crippen molar-refractivity contribution in [2.24, 2.45) is 0 Å². The van der Waals surface area contributed by atoms with Gasteiger partial charge in [-0.05, 0) is 19.3 Å². The molecule has 1 aliphatic heterocycles. The van der Waals surface area contributed by atoms with Gasteiger partial charge < -0.3 is 9.47 Å². The van der Waals surface area contributed by atoms with Gasteiger partial charge >= 0.3 is 0 Å². The highest BCUT2D eigenvalue weighted by atomic mass is 16.6. The summed E-state index contributed by atoms with van der Waals surface area (Å²) in [6.45, 7) is 8.38. The highest BCUT2D eigenvalue weighted by Gasteiger charge is 2.19. The first-order valence-corrected chi connectivity index (χ1v) is 6.73. The van der Waals surface area contributed by atoms with Gasteiger partial charge in [0.05, 0.1) is 25.6 Å². The van der Waals surface area contributed by atoms with E-state index in [1.807, 2.05) is 6.08 Å². The number of epoxide rings is 1. The van der Waals surface area contributed by atoms with Crippen LogP contribution in [0.2, 0.25) is 0 Å². The van der Waals surface area contributed by atoms with Crippen LogP contribution in [-0.2, 0) is 9.47 Å². The van der Waals surface area contributed by atoms with E-state index in [2.05, 4.69) is 20.8 Å². The SMILES string of the molecule is CC/C=C/OCCCCC.CCCC1CO1. The summed E-state index contributed by atoms with van der Waals surface area (Å²) >= 11 is 0. The monoisotopic (exact) mass is 228 g/mol. The zero-order chi connectivity index (χ0) is 12.1. The Balaban J connectivity index is 0.000000315. The molecule has 2 nitrogen and oxygen atoms in total. The zero-order valence-corrected chi connectivity index (χ0v) is 11.2. The van der Waals surface area contributed by atoms with E-state index in [1.165, 1.54) is 32.1 Å². The molecule has 1 atom stereocenters. The largest absolute Gasteiger partial charge is 0.502 e. The second kappa shape index (κ2) is 12.6. The summed E-state index contributed by atoms with van der Waals surface area (Å²) in [5.74, 6) is 0. The van der Waals surface area contributed by atoms with Crippen LogP contribution in [0.3, 0.4) is 0 Å². The topological polar surface area (TPSA) is 21.8 Å². The molecule has 2 heteroatoms. The van der Waals surface area contributed by atoms with Gasteiger partial charge in [-0.3, -0.25) is 0 Å². The maximum atomic E-state index is 5.20. The van der Waals surface area contributed by atoms with E-state index in [9.17, 15) is 0 Å². The molecule has 0 bridgehead atoms. The van der Waals surface area contributed by atoms with E-state index in [4.69, 9.17) is 9.47 Å². The minimum absolute atomic E-state index is 0.648.